The van der Waals surface area contributed by atoms with Crippen molar-refractivity contribution in [2.45, 2.75) is 12.8 Å². The first-order chi connectivity index (χ1) is 11.3. The van der Waals surface area contributed by atoms with Gasteiger partial charge in [0, 0.05) is 20.1 Å². The average molecular weight is 311 g/mol. The summed E-state index contributed by atoms with van der Waals surface area (Å²) in [5, 5.41) is 6.68. The summed E-state index contributed by atoms with van der Waals surface area (Å²) in [5.74, 6) is 1.76. The second-order valence-corrected chi connectivity index (χ2v) is 5.22. The van der Waals surface area contributed by atoms with E-state index in [9.17, 15) is 0 Å². The zero-order chi connectivity index (χ0) is 16.3. The van der Waals surface area contributed by atoms with Crippen molar-refractivity contribution in [3.63, 3.8) is 0 Å². The molecule has 0 radical (unpaired) electrons. The molecule has 23 heavy (non-hydrogen) atoms. The van der Waals surface area contributed by atoms with E-state index in [1.165, 1.54) is 11.1 Å². The molecule has 0 heterocycles. The summed E-state index contributed by atoms with van der Waals surface area (Å²) in [6, 6.07) is 18.5. The zero-order valence-electron chi connectivity index (χ0n) is 13.9. The van der Waals surface area contributed by atoms with Gasteiger partial charge in [0.15, 0.2) is 5.96 Å². The number of hydrogen-bond donors (Lipinski definition) is 2. The van der Waals surface area contributed by atoms with Crippen molar-refractivity contribution >= 4 is 5.96 Å². The molecule has 0 aliphatic heterocycles. The molecule has 0 aromatic heterocycles. The van der Waals surface area contributed by atoms with Crippen LogP contribution >= 0.6 is 0 Å². The van der Waals surface area contributed by atoms with Crippen LogP contribution in [-0.4, -0.2) is 33.2 Å². The van der Waals surface area contributed by atoms with Gasteiger partial charge in [0.25, 0.3) is 0 Å². The molecule has 0 unspecified atom stereocenters. The van der Waals surface area contributed by atoms with Gasteiger partial charge in [0.05, 0.1) is 7.11 Å². The van der Waals surface area contributed by atoms with Crippen molar-refractivity contribution in [2.75, 3.05) is 27.2 Å². The molecule has 0 aliphatic rings. The van der Waals surface area contributed by atoms with Gasteiger partial charge in [-0.2, -0.15) is 0 Å². The Morgan fingerprint density at radius 1 is 0.913 bits per heavy atom. The molecule has 0 saturated carbocycles. The van der Waals surface area contributed by atoms with Crippen molar-refractivity contribution in [3.05, 3.63) is 65.7 Å². The van der Waals surface area contributed by atoms with E-state index in [0.717, 1.165) is 37.6 Å². The first kappa shape index (κ1) is 16.9. The maximum atomic E-state index is 5.37. The smallest absolute Gasteiger partial charge is 0.190 e. The van der Waals surface area contributed by atoms with Crippen molar-refractivity contribution in [3.8, 4) is 5.75 Å². The van der Waals surface area contributed by atoms with E-state index in [1.807, 2.05) is 24.3 Å². The van der Waals surface area contributed by atoms with Crippen LogP contribution in [0.15, 0.2) is 59.6 Å². The molecule has 2 N–H and O–H groups in total. The lowest BCUT2D eigenvalue weighted by atomic mass is 10.1. The molecule has 0 fully saturated rings. The topological polar surface area (TPSA) is 45.7 Å². The summed E-state index contributed by atoms with van der Waals surface area (Å²) in [6.45, 7) is 1.67. The molecule has 0 spiro atoms. The molecule has 0 amide bonds. The van der Waals surface area contributed by atoms with Gasteiger partial charge in [-0.05, 0) is 30.0 Å². The Bertz CT molecular complexity index is 611. The van der Waals surface area contributed by atoms with Gasteiger partial charge >= 0.3 is 0 Å². The van der Waals surface area contributed by atoms with E-state index in [-0.39, 0.29) is 0 Å². The summed E-state index contributed by atoms with van der Waals surface area (Å²) in [4.78, 5) is 4.26. The second-order valence-electron chi connectivity index (χ2n) is 5.22. The first-order valence-electron chi connectivity index (χ1n) is 7.94. The van der Waals surface area contributed by atoms with Crippen LogP contribution in [0.25, 0.3) is 0 Å². The number of benzene rings is 2. The monoisotopic (exact) mass is 311 g/mol. The molecule has 122 valence electrons. The van der Waals surface area contributed by atoms with Crippen LogP contribution in [-0.2, 0) is 12.8 Å². The average Bonchev–Trinajstić information content (AvgIpc) is 2.61. The van der Waals surface area contributed by atoms with Crippen molar-refractivity contribution in [1.82, 2.24) is 10.6 Å². The molecule has 2 aromatic rings. The van der Waals surface area contributed by atoms with Crippen molar-refractivity contribution in [2.24, 2.45) is 4.99 Å². The van der Waals surface area contributed by atoms with Gasteiger partial charge in [-0.15, -0.1) is 0 Å². The van der Waals surface area contributed by atoms with Crippen molar-refractivity contribution < 1.29 is 4.74 Å². The fourth-order valence-corrected chi connectivity index (χ4v) is 2.42. The van der Waals surface area contributed by atoms with Gasteiger partial charge in [0.2, 0.25) is 0 Å². The minimum absolute atomic E-state index is 0.811. The van der Waals surface area contributed by atoms with Gasteiger partial charge in [-0.3, -0.25) is 4.99 Å². The lowest BCUT2D eigenvalue weighted by Crippen LogP contribution is -2.39. The van der Waals surface area contributed by atoms with Gasteiger partial charge in [-0.25, -0.2) is 0 Å². The number of nitrogens with one attached hydrogen (secondary N) is 2. The van der Waals surface area contributed by atoms with Gasteiger partial charge in [-0.1, -0.05) is 48.5 Å². The highest BCUT2D eigenvalue weighted by Crippen LogP contribution is 2.17. The van der Waals surface area contributed by atoms with Gasteiger partial charge < -0.3 is 15.4 Å². The molecule has 0 saturated heterocycles. The SMILES string of the molecule is CN=C(NCCc1ccccc1)NCCc1ccccc1OC. The standard InChI is InChI=1S/C19H25N3O/c1-20-19(21-14-12-16-8-4-3-5-9-16)22-15-13-17-10-6-7-11-18(17)23-2/h3-11H,12-15H2,1-2H3,(H2,20,21,22). The number of aliphatic imine (C=N–C) groups is 1. The van der Waals surface area contributed by atoms with Crippen molar-refractivity contribution in [1.29, 1.82) is 0 Å². The Morgan fingerprint density at radius 3 is 2.26 bits per heavy atom. The van der Waals surface area contributed by atoms with E-state index >= 15 is 0 Å². The first-order valence-corrected chi connectivity index (χ1v) is 7.94. The highest BCUT2D eigenvalue weighted by molar-refractivity contribution is 5.79. The predicted octanol–water partition coefficient (Wildman–Crippen LogP) is 2.65. The van der Waals surface area contributed by atoms with E-state index in [2.05, 4.69) is 46.0 Å². The van der Waals surface area contributed by atoms with E-state index in [4.69, 9.17) is 4.74 Å². The molecule has 0 aliphatic carbocycles. The minimum atomic E-state index is 0.811. The molecule has 4 heteroatoms. The summed E-state index contributed by atoms with van der Waals surface area (Å²) in [5.41, 5.74) is 2.52. The van der Waals surface area contributed by atoms with Crippen LogP contribution in [0.4, 0.5) is 0 Å². The number of rotatable bonds is 7. The van der Waals surface area contributed by atoms with Crippen LogP contribution in [0.1, 0.15) is 11.1 Å². The Balaban J connectivity index is 1.73. The zero-order valence-corrected chi connectivity index (χ0v) is 13.9. The quantitative estimate of drug-likeness (QED) is 0.610. The molecule has 0 bridgehead atoms. The predicted molar refractivity (Wildman–Crippen MR) is 96.2 cm³/mol. The fourth-order valence-electron chi connectivity index (χ4n) is 2.42. The highest BCUT2D eigenvalue weighted by atomic mass is 16.5. The van der Waals surface area contributed by atoms with Crippen LogP contribution in [0.3, 0.4) is 0 Å². The normalized spacial score (nSPS) is 11.1. The van der Waals surface area contributed by atoms with Crippen LogP contribution < -0.4 is 15.4 Å². The van der Waals surface area contributed by atoms with Crippen LogP contribution in [0, 0.1) is 0 Å². The Labute approximate surface area is 138 Å². The summed E-state index contributed by atoms with van der Waals surface area (Å²) in [6.07, 6.45) is 1.87. The minimum Gasteiger partial charge on any atom is -0.496 e. The van der Waals surface area contributed by atoms with Crippen LogP contribution in [0.5, 0.6) is 5.75 Å². The van der Waals surface area contributed by atoms with Crippen LogP contribution in [0.2, 0.25) is 0 Å². The Morgan fingerprint density at radius 2 is 1.57 bits per heavy atom. The lowest BCUT2D eigenvalue weighted by molar-refractivity contribution is 0.409. The molecule has 0 atom stereocenters. The third kappa shape index (κ3) is 5.66. The summed E-state index contributed by atoms with van der Waals surface area (Å²) < 4.78 is 5.37. The third-order valence-corrected chi connectivity index (χ3v) is 3.65. The molecular formula is C19H25N3O. The molecule has 4 nitrogen and oxygen atoms in total. The second kappa shape index (κ2) is 9.51. The van der Waals surface area contributed by atoms with E-state index in [1.54, 1.807) is 14.2 Å². The van der Waals surface area contributed by atoms with E-state index in [0.29, 0.717) is 0 Å². The Kier molecular flexibility index (Phi) is 6.98. The number of hydrogen-bond acceptors (Lipinski definition) is 2. The lowest BCUT2D eigenvalue weighted by Gasteiger charge is -2.13. The summed E-state index contributed by atoms with van der Waals surface area (Å²) in [7, 11) is 3.50. The molecular weight excluding hydrogens is 286 g/mol. The number of methoxy groups -OCH3 is 1. The Hall–Kier alpha value is -2.49. The summed E-state index contributed by atoms with van der Waals surface area (Å²) >= 11 is 0. The molecule has 2 aromatic carbocycles. The van der Waals surface area contributed by atoms with Gasteiger partial charge in [0.1, 0.15) is 5.75 Å². The van der Waals surface area contributed by atoms with E-state index < -0.39 is 0 Å². The maximum absolute atomic E-state index is 5.37. The maximum Gasteiger partial charge on any atom is 0.190 e. The third-order valence-electron chi connectivity index (χ3n) is 3.65. The molecule has 2 rings (SSSR count). The largest absolute Gasteiger partial charge is 0.496 e. The number of nitrogens with zero attached hydrogens (tertiary/aromatic N) is 1. The fraction of sp³-hybridized carbons (Fsp3) is 0.316. The highest BCUT2D eigenvalue weighted by Gasteiger charge is 2.02. The number of guanidine groups is 1. The number of ether oxygens (including phenoxy) is 1. The number of para-hydroxylation sites is 1.